The molecule has 24 heavy (non-hydrogen) atoms. The van der Waals surface area contributed by atoms with Gasteiger partial charge in [-0.3, -0.25) is 4.68 Å². The van der Waals surface area contributed by atoms with Crippen molar-refractivity contribution in [3.05, 3.63) is 36.0 Å². The lowest BCUT2D eigenvalue weighted by atomic mass is 10.0. The molecule has 0 unspecified atom stereocenters. The van der Waals surface area contributed by atoms with E-state index in [-0.39, 0.29) is 0 Å². The number of aryl methyl sites for hydroxylation is 3. The summed E-state index contributed by atoms with van der Waals surface area (Å²) < 4.78 is 2.00. The molecular weight excluding hydrogens is 300 g/mol. The van der Waals surface area contributed by atoms with Gasteiger partial charge in [0.25, 0.3) is 0 Å². The molecule has 3 heterocycles. The Balaban J connectivity index is 1.44. The van der Waals surface area contributed by atoms with Gasteiger partial charge in [0, 0.05) is 55.9 Å². The number of nitrogens with zero attached hydrogens (tertiary/aromatic N) is 5. The molecule has 1 atom stereocenters. The monoisotopic (exact) mass is 328 g/mol. The van der Waals surface area contributed by atoms with Crippen LogP contribution in [0.5, 0.6) is 0 Å². The first-order chi connectivity index (χ1) is 11.6. The van der Waals surface area contributed by atoms with Crippen molar-refractivity contribution in [2.24, 2.45) is 0 Å². The highest BCUT2D eigenvalue weighted by Crippen LogP contribution is 2.19. The Morgan fingerprint density at radius 3 is 2.71 bits per heavy atom. The van der Waals surface area contributed by atoms with Crippen LogP contribution < -0.4 is 10.2 Å². The van der Waals surface area contributed by atoms with E-state index in [2.05, 4.69) is 38.3 Å². The van der Waals surface area contributed by atoms with Crippen molar-refractivity contribution in [3.8, 4) is 0 Å². The molecule has 0 spiro atoms. The molecule has 2 aromatic heterocycles. The van der Waals surface area contributed by atoms with Crippen LogP contribution in [0.1, 0.15) is 37.7 Å². The second kappa shape index (κ2) is 7.75. The number of hydrogen-bond donors (Lipinski definition) is 1. The van der Waals surface area contributed by atoms with Crippen LogP contribution in [0.25, 0.3) is 0 Å². The smallest absolute Gasteiger partial charge is 0.132 e. The number of nitrogens with one attached hydrogen (secondary N) is 1. The van der Waals surface area contributed by atoms with Crippen LogP contribution in [0.3, 0.4) is 0 Å². The molecule has 3 rings (SSSR count). The fourth-order valence-electron chi connectivity index (χ4n) is 3.38. The van der Waals surface area contributed by atoms with Crippen LogP contribution in [-0.4, -0.2) is 44.9 Å². The molecule has 0 aromatic carbocycles. The first kappa shape index (κ1) is 16.9. The highest BCUT2D eigenvalue weighted by Gasteiger charge is 2.21. The van der Waals surface area contributed by atoms with Gasteiger partial charge in [0.1, 0.15) is 11.6 Å². The molecule has 0 bridgehead atoms. The van der Waals surface area contributed by atoms with Crippen molar-refractivity contribution in [1.82, 2.24) is 25.1 Å². The van der Waals surface area contributed by atoms with Gasteiger partial charge >= 0.3 is 0 Å². The van der Waals surface area contributed by atoms with E-state index in [0.717, 1.165) is 56.2 Å². The fraction of sp³-hybridized carbons (Fsp3) is 0.611. The molecule has 130 valence electrons. The topological polar surface area (TPSA) is 58.9 Å². The Labute approximate surface area is 144 Å². The Bertz CT molecular complexity index is 611. The van der Waals surface area contributed by atoms with Crippen LogP contribution in [0.4, 0.5) is 5.82 Å². The molecule has 1 aliphatic rings. The van der Waals surface area contributed by atoms with E-state index in [1.54, 1.807) is 0 Å². The summed E-state index contributed by atoms with van der Waals surface area (Å²) in [5, 5.41) is 8.04. The third kappa shape index (κ3) is 4.54. The highest BCUT2D eigenvalue weighted by atomic mass is 15.3. The zero-order valence-corrected chi connectivity index (χ0v) is 14.9. The molecule has 0 aliphatic carbocycles. The minimum absolute atomic E-state index is 0.509. The second-order valence-corrected chi connectivity index (χ2v) is 6.80. The predicted octanol–water partition coefficient (Wildman–Crippen LogP) is 2.33. The third-order valence-corrected chi connectivity index (χ3v) is 4.64. The Morgan fingerprint density at radius 2 is 2.04 bits per heavy atom. The van der Waals surface area contributed by atoms with Crippen LogP contribution >= 0.6 is 0 Å². The summed E-state index contributed by atoms with van der Waals surface area (Å²) >= 11 is 0. The highest BCUT2D eigenvalue weighted by molar-refractivity contribution is 5.40. The summed E-state index contributed by atoms with van der Waals surface area (Å²) in [7, 11) is 0. The van der Waals surface area contributed by atoms with Crippen molar-refractivity contribution >= 4 is 5.82 Å². The van der Waals surface area contributed by atoms with Crippen molar-refractivity contribution in [2.75, 3.05) is 18.0 Å². The Morgan fingerprint density at radius 1 is 1.25 bits per heavy atom. The van der Waals surface area contributed by atoms with Crippen LogP contribution in [0.2, 0.25) is 0 Å². The normalized spacial score (nSPS) is 17.2. The van der Waals surface area contributed by atoms with E-state index in [0.29, 0.717) is 12.1 Å². The Hall–Kier alpha value is -1.95. The van der Waals surface area contributed by atoms with E-state index >= 15 is 0 Å². The molecule has 1 aliphatic heterocycles. The number of hydrogen-bond acceptors (Lipinski definition) is 5. The fourth-order valence-corrected chi connectivity index (χ4v) is 3.38. The van der Waals surface area contributed by atoms with E-state index < -0.39 is 0 Å². The maximum atomic E-state index is 4.59. The van der Waals surface area contributed by atoms with E-state index in [9.17, 15) is 0 Å². The lowest BCUT2D eigenvalue weighted by Gasteiger charge is -2.34. The minimum Gasteiger partial charge on any atom is -0.356 e. The molecule has 6 nitrogen and oxygen atoms in total. The zero-order valence-electron chi connectivity index (χ0n) is 14.9. The van der Waals surface area contributed by atoms with Crippen molar-refractivity contribution < 1.29 is 0 Å². The van der Waals surface area contributed by atoms with Gasteiger partial charge in [-0.15, -0.1) is 0 Å². The van der Waals surface area contributed by atoms with Crippen molar-refractivity contribution in [1.29, 1.82) is 0 Å². The molecule has 0 amide bonds. The summed E-state index contributed by atoms with van der Waals surface area (Å²) in [6.45, 7) is 9.35. The van der Waals surface area contributed by atoms with E-state index in [4.69, 9.17) is 0 Å². The first-order valence-corrected chi connectivity index (χ1v) is 8.91. The summed E-state index contributed by atoms with van der Waals surface area (Å²) in [6, 6.07) is 5.17. The summed E-state index contributed by atoms with van der Waals surface area (Å²) in [4.78, 5) is 11.3. The van der Waals surface area contributed by atoms with Crippen LogP contribution in [0, 0.1) is 13.8 Å². The van der Waals surface area contributed by atoms with Gasteiger partial charge in [0.2, 0.25) is 0 Å². The summed E-state index contributed by atoms with van der Waals surface area (Å²) in [6.07, 6.45) is 7.29. The average Bonchev–Trinajstić information content (AvgIpc) is 3.06. The molecule has 0 radical (unpaired) electrons. The first-order valence-electron chi connectivity index (χ1n) is 8.91. The Kier molecular flexibility index (Phi) is 5.45. The molecular formula is C18H28N6. The molecule has 2 aromatic rings. The molecule has 1 saturated heterocycles. The average molecular weight is 328 g/mol. The quantitative estimate of drug-likeness (QED) is 0.882. The van der Waals surface area contributed by atoms with Gasteiger partial charge in [-0.25, -0.2) is 9.97 Å². The molecule has 1 N–H and O–H groups in total. The lowest BCUT2D eigenvalue weighted by molar-refractivity contribution is 0.353. The van der Waals surface area contributed by atoms with E-state index in [1.165, 1.54) is 0 Å². The maximum absolute atomic E-state index is 4.59. The minimum atomic E-state index is 0.509. The van der Waals surface area contributed by atoms with Gasteiger partial charge < -0.3 is 10.2 Å². The van der Waals surface area contributed by atoms with Gasteiger partial charge in [0.15, 0.2) is 0 Å². The van der Waals surface area contributed by atoms with E-state index in [1.807, 2.05) is 37.0 Å². The molecule has 0 saturated carbocycles. The van der Waals surface area contributed by atoms with Gasteiger partial charge in [-0.1, -0.05) is 0 Å². The second-order valence-electron chi connectivity index (χ2n) is 6.80. The third-order valence-electron chi connectivity index (χ3n) is 4.64. The zero-order chi connectivity index (χ0) is 16.9. The summed E-state index contributed by atoms with van der Waals surface area (Å²) in [5.41, 5.74) is 1.05. The van der Waals surface area contributed by atoms with Gasteiger partial charge in [-0.2, -0.15) is 5.10 Å². The van der Waals surface area contributed by atoms with Gasteiger partial charge in [0.05, 0.1) is 0 Å². The van der Waals surface area contributed by atoms with Crippen LogP contribution in [-0.2, 0) is 6.54 Å². The lowest BCUT2D eigenvalue weighted by Crippen LogP contribution is -2.46. The standard InChI is InChI=1S/C18H28N6/c1-14(5-12-24-9-4-8-19-24)21-17-6-10-23(11-7-17)18-13-15(2)20-16(3)22-18/h4,8-9,13-14,17,21H,5-7,10-12H2,1-3H3/t14-/m1/s1. The molecule has 6 heteroatoms. The van der Waals surface area contributed by atoms with Gasteiger partial charge in [-0.05, 0) is 46.1 Å². The maximum Gasteiger partial charge on any atom is 0.132 e. The largest absolute Gasteiger partial charge is 0.356 e. The van der Waals surface area contributed by atoms with Crippen molar-refractivity contribution in [3.63, 3.8) is 0 Å². The molecule has 1 fully saturated rings. The van der Waals surface area contributed by atoms with Crippen LogP contribution in [0.15, 0.2) is 24.5 Å². The number of piperidine rings is 1. The number of anilines is 1. The SMILES string of the molecule is Cc1cc(N2CCC(N[C@H](C)CCn3cccn3)CC2)nc(C)n1. The van der Waals surface area contributed by atoms with Crippen molar-refractivity contribution in [2.45, 2.75) is 58.7 Å². The number of rotatable bonds is 6. The number of aromatic nitrogens is 4. The predicted molar refractivity (Wildman–Crippen MR) is 96.2 cm³/mol. The summed E-state index contributed by atoms with van der Waals surface area (Å²) in [5.74, 6) is 1.93.